The van der Waals surface area contributed by atoms with Crippen molar-refractivity contribution in [3.8, 4) is 11.5 Å². The molecule has 43 heavy (non-hydrogen) atoms. The summed E-state index contributed by atoms with van der Waals surface area (Å²) in [7, 11) is 0. The second-order valence-electron chi connectivity index (χ2n) is 9.63. The van der Waals surface area contributed by atoms with E-state index in [1.54, 1.807) is 53.4 Å². The number of benzene rings is 4. The molecule has 0 heterocycles. The molecule has 0 aliphatic rings. The number of aryl methyl sites for hydroxylation is 1. The summed E-state index contributed by atoms with van der Waals surface area (Å²) in [6.07, 6.45) is -15.1. The smallest absolute Gasteiger partial charge is 0.461 e. The molecule has 4 nitrogen and oxygen atoms in total. The molecule has 0 aliphatic heterocycles. The number of rotatable bonds is 12. The Bertz CT molecular complexity index is 1460. The molecule has 1 N–H and O–H groups in total. The number of halogens is 7. The lowest BCUT2D eigenvalue weighted by Crippen LogP contribution is -2.36. The van der Waals surface area contributed by atoms with Crippen LogP contribution in [0.25, 0.3) is 0 Å². The number of hydrogen-bond acceptors (Lipinski definition) is 4. The molecular weight excluding hydrogens is 579 g/mol. The van der Waals surface area contributed by atoms with Gasteiger partial charge in [0.05, 0.1) is 18.2 Å². The largest absolute Gasteiger partial charge is 0.466 e. The maximum atomic E-state index is 13.8. The standard InChI is InChI=1S/C32H28F7NO3/c1-2-21-8-6-12-26(18-21)42-29(23-9-7-13-27(19-23)43-32(38,39)30(33)34)40(25-10-4-3-5-11-25)20-28(41)22-14-16-24(17-15-22)31(35,36)37/h3-19,28-30,41H,2,20H2,1H3. The van der Waals surface area contributed by atoms with Gasteiger partial charge in [-0.2, -0.15) is 30.7 Å². The first-order valence-corrected chi connectivity index (χ1v) is 13.2. The van der Waals surface area contributed by atoms with E-state index in [9.17, 15) is 35.8 Å². The molecule has 0 spiro atoms. The van der Waals surface area contributed by atoms with Gasteiger partial charge in [-0.1, -0.05) is 61.5 Å². The van der Waals surface area contributed by atoms with Gasteiger partial charge in [-0.25, -0.2) is 0 Å². The predicted molar refractivity (Wildman–Crippen MR) is 147 cm³/mol. The monoisotopic (exact) mass is 607 g/mol. The number of para-hydroxylation sites is 1. The first kappa shape index (κ1) is 31.7. The van der Waals surface area contributed by atoms with Gasteiger partial charge in [0, 0.05) is 11.3 Å². The van der Waals surface area contributed by atoms with E-state index in [-0.39, 0.29) is 17.7 Å². The molecule has 0 aliphatic carbocycles. The first-order chi connectivity index (χ1) is 20.4. The quantitative estimate of drug-likeness (QED) is 0.129. The van der Waals surface area contributed by atoms with E-state index >= 15 is 0 Å². The lowest BCUT2D eigenvalue weighted by molar-refractivity contribution is -0.253. The average molecular weight is 608 g/mol. The lowest BCUT2D eigenvalue weighted by Gasteiger charge is -2.36. The molecule has 2 atom stereocenters. The summed E-state index contributed by atoms with van der Waals surface area (Å²) >= 11 is 0. The maximum Gasteiger partial charge on any atom is 0.461 e. The van der Waals surface area contributed by atoms with Crippen LogP contribution in [0.15, 0.2) is 103 Å². The fourth-order valence-corrected chi connectivity index (χ4v) is 4.35. The minimum absolute atomic E-state index is 0.189. The fourth-order valence-electron chi connectivity index (χ4n) is 4.35. The molecule has 0 radical (unpaired) electrons. The number of alkyl halides is 7. The number of anilines is 1. The second-order valence-corrected chi connectivity index (χ2v) is 9.63. The summed E-state index contributed by atoms with van der Waals surface area (Å²) < 4.78 is 103. The molecule has 0 amide bonds. The van der Waals surface area contributed by atoms with Crippen molar-refractivity contribution in [2.24, 2.45) is 0 Å². The Morgan fingerprint density at radius 1 is 0.744 bits per heavy atom. The molecule has 4 aromatic carbocycles. The molecule has 4 rings (SSSR count). The van der Waals surface area contributed by atoms with E-state index in [0.717, 1.165) is 42.0 Å². The van der Waals surface area contributed by atoms with Crippen molar-refractivity contribution in [2.45, 2.75) is 44.4 Å². The topological polar surface area (TPSA) is 41.9 Å². The van der Waals surface area contributed by atoms with Gasteiger partial charge in [0.1, 0.15) is 11.5 Å². The van der Waals surface area contributed by atoms with E-state index in [0.29, 0.717) is 17.9 Å². The van der Waals surface area contributed by atoms with Crippen molar-refractivity contribution >= 4 is 5.69 Å². The van der Waals surface area contributed by atoms with Crippen molar-refractivity contribution < 1.29 is 45.3 Å². The normalized spacial score (nSPS) is 13.4. The molecule has 2 unspecified atom stereocenters. The Kier molecular flexibility index (Phi) is 9.85. The van der Waals surface area contributed by atoms with Crippen LogP contribution in [0.5, 0.6) is 11.5 Å². The van der Waals surface area contributed by atoms with Crippen molar-refractivity contribution in [3.05, 3.63) is 125 Å². The first-order valence-electron chi connectivity index (χ1n) is 13.2. The van der Waals surface area contributed by atoms with Gasteiger partial charge in [0.2, 0.25) is 0 Å². The zero-order valence-corrected chi connectivity index (χ0v) is 22.8. The number of ether oxygens (including phenoxy) is 2. The van der Waals surface area contributed by atoms with Gasteiger partial charge in [0.25, 0.3) is 0 Å². The molecule has 0 fully saturated rings. The number of hydrogen-bond donors (Lipinski definition) is 1. The van der Waals surface area contributed by atoms with Crippen molar-refractivity contribution in [1.82, 2.24) is 0 Å². The molecule has 4 aromatic rings. The third kappa shape index (κ3) is 8.19. The van der Waals surface area contributed by atoms with Gasteiger partial charge in [-0.05, 0) is 66.1 Å². The molecular formula is C32H28F7NO3. The third-order valence-corrected chi connectivity index (χ3v) is 6.57. The van der Waals surface area contributed by atoms with Crippen LogP contribution < -0.4 is 14.4 Å². The summed E-state index contributed by atoms with van der Waals surface area (Å²) in [4.78, 5) is 1.59. The fraction of sp³-hybridized carbons (Fsp3) is 0.250. The zero-order valence-electron chi connectivity index (χ0n) is 22.8. The van der Waals surface area contributed by atoms with Crippen LogP contribution in [0.1, 0.15) is 41.5 Å². The number of nitrogens with zero attached hydrogens (tertiary/aromatic N) is 1. The highest BCUT2D eigenvalue weighted by Crippen LogP contribution is 2.36. The van der Waals surface area contributed by atoms with E-state index < -0.39 is 42.4 Å². The Balaban J connectivity index is 1.77. The second kappa shape index (κ2) is 13.4. The minimum Gasteiger partial charge on any atom is -0.466 e. The summed E-state index contributed by atoms with van der Waals surface area (Å²) in [5.74, 6) is -0.159. The Hall–Kier alpha value is -4.25. The molecule has 0 saturated heterocycles. The molecule has 0 saturated carbocycles. The summed E-state index contributed by atoms with van der Waals surface area (Å²) in [6.45, 7) is 1.73. The highest BCUT2D eigenvalue weighted by molar-refractivity contribution is 5.50. The predicted octanol–water partition coefficient (Wildman–Crippen LogP) is 8.82. The van der Waals surface area contributed by atoms with Gasteiger partial charge in [0.15, 0.2) is 6.23 Å². The van der Waals surface area contributed by atoms with Crippen molar-refractivity contribution in [1.29, 1.82) is 0 Å². The zero-order chi connectivity index (χ0) is 31.2. The number of aliphatic hydroxyl groups excluding tert-OH is 1. The Morgan fingerprint density at radius 2 is 1.40 bits per heavy atom. The summed E-state index contributed by atoms with van der Waals surface area (Å²) in [5, 5.41) is 11.2. The van der Waals surface area contributed by atoms with Crippen LogP contribution in [0.2, 0.25) is 0 Å². The van der Waals surface area contributed by atoms with Gasteiger partial charge in [-0.15, -0.1) is 0 Å². The molecule has 0 bridgehead atoms. The Morgan fingerprint density at radius 3 is 2.02 bits per heavy atom. The van der Waals surface area contributed by atoms with E-state index in [2.05, 4.69) is 4.74 Å². The van der Waals surface area contributed by atoms with Crippen LogP contribution in [0, 0.1) is 0 Å². The van der Waals surface area contributed by atoms with E-state index in [4.69, 9.17) is 4.74 Å². The van der Waals surface area contributed by atoms with E-state index in [1.807, 2.05) is 13.0 Å². The summed E-state index contributed by atoms with van der Waals surface area (Å²) in [6, 6.07) is 24.8. The number of aliphatic hydroxyl groups is 1. The van der Waals surface area contributed by atoms with Crippen molar-refractivity contribution in [3.63, 3.8) is 0 Å². The average Bonchev–Trinajstić information content (AvgIpc) is 2.99. The van der Waals surface area contributed by atoms with Gasteiger partial charge < -0.3 is 19.5 Å². The Labute approximate surface area is 243 Å². The highest BCUT2D eigenvalue weighted by atomic mass is 19.4. The van der Waals surface area contributed by atoms with E-state index in [1.165, 1.54) is 12.1 Å². The van der Waals surface area contributed by atoms with Crippen LogP contribution in [-0.4, -0.2) is 24.2 Å². The molecule has 11 heteroatoms. The minimum atomic E-state index is -4.75. The van der Waals surface area contributed by atoms with Crippen molar-refractivity contribution in [2.75, 3.05) is 11.4 Å². The van der Waals surface area contributed by atoms with Crippen LogP contribution >= 0.6 is 0 Å². The van der Waals surface area contributed by atoms with Crippen LogP contribution in [0.4, 0.5) is 36.4 Å². The molecule has 0 aromatic heterocycles. The van der Waals surface area contributed by atoms with Crippen LogP contribution in [-0.2, 0) is 12.6 Å². The van der Waals surface area contributed by atoms with Crippen LogP contribution in [0.3, 0.4) is 0 Å². The van der Waals surface area contributed by atoms with Gasteiger partial charge in [-0.3, -0.25) is 0 Å². The third-order valence-electron chi connectivity index (χ3n) is 6.57. The maximum absolute atomic E-state index is 13.8. The SMILES string of the molecule is CCc1cccc(OC(c2cccc(OC(F)(F)C(F)F)c2)N(CC(O)c2ccc(C(F)(F)F)cc2)c2ccccc2)c1. The summed E-state index contributed by atoms with van der Waals surface area (Å²) in [5.41, 5.74) is 0.968. The molecule has 228 valence electrons. The van der Waals surface area contributed by atoms with Gasteiger partial charge >= 0.3 is 18.7 Å². The lowest BCUT2D eigenvalue weighted by atomic mass is 10.0. The highest BCUT2D eigenvalue weighted by Gasteiger charge is 2.44.